The van der Waals surface area contributed by atoms with Gasteiger partial charge in [0, 0.05) is 0 Å². The summed E-state index contributed by atoms with van der Waals surface area (Å²) in [5.41, 5.74) is 1.31. The van der Waals surface area contributed by atoms with Gasteiger partial charge in [-0.25, -0.2) is 0 Å². The molecule has 1 heterocycles. The standard InChI is InChI=1S/C14H23BO.C2H6/c1-7-9-10-12(8-2)15-11-13(3,4)14(5,6)16-15;1-2/h7-10H,2,11H2,1,3-6H3;1-2H3/b9-7-,12-10+;. The minimum absolute atomic E-state index is 0.0737. The number of hydrogen-bond donors (Lipinski definition) is 0. The van der Waals surface area contributed by atoms with Crippen LogP contribution in [0.4, 0.5) is 0 Å². The van der Waals surface area contributed by atoms with Crippen LogP contribution in [-0.4, -0.2) is 12.5 Å². The van der Waals surface area contributed by atoms with Crippen molar-refractivity contribution in [1.82, 2.24) is 0 Å². The number of rotatable bonds is 3. The summed E-state index contributed by atoms with van der Waals surface area (Å²) in [5.74, 6) is 0. The molecule has 0 aromatic carbocycles. The fourth-order valence-corrected chi connectivity index (χ4v) is 1.97. The van der Waals surface area contributed by atoms with Gasteiger partial charge in [-0.05, 0) is 38.0 Å². The largest absolute Gasteiger partial charge is 0.426 e. The maximum atomic E-state index is 6.14. The minimum Gasteiger partial charge on any atom is -0.426 e. The van der Waals surface area contributed by atoms with Gasteiger partial charge in [0.2, 0.25) is 0 Å². The van der Waals surface area contributed by atoms with Crippen molar-refractivity contribution in [3.05, 3.63) is 36.4 Å². The first-order valence-corrected chi connectivity index (χ1v) is 6.97. The normalized spacial score (nSPS) is 21.7. The first-order valence-electron chi connectivity index (χ1n) is 6.97. The van der Waals surface area contributed by atoms with Gasteiger partial charge in [-0.1, -0.05) is 58.6 Å². The Kier molecular flexibility index (Phi) is 6.69. The summed E-state index contributed by atoms with van der Waals surface area (Å²) in [6, 6.07) is 0. The van der Waals surface area contributed by atoms with Crippen LogP contribution in [0, 0.1) is 5.41 Å². The average molecular weight is 248 g/mol. The lowest BCUT2D eigenvalue weighted by Crippen LogP contribution is -2.34. The van der Waals surface area contributed by atoms with E-state index in [1.165, 1.54) is 5.47 Å². The van der Waals surface area contributed by atoms with Gasteiger partial charge in [0.05, 0.1) is 5.60 Å². The van der Waals surface area contributed by atoms with Crippen molar-refractivity contribution in [3.8, 4) is 0 Å². The van der Waals surface area contributed by atoms with Crippen LogP contribution >= 0.6 is 0 Å². The molecule has 1 aliphatic rings. The van der Waals surface area contributed by atoms with Crippen molar-refractivity contribution in [1.29, 1.82) is 0 Å². The molecule has 0 bridgehead atoms. The molecule has 0 aromatic heterocycles. The molecule has 18 heavy (non-hydrogen) atoms. The lowest BCUT2D eigenvalue weighted by atomic mass is 9.53. The molecule has 102 valence electrons. The summed E-state index contributed by atoms with van der Waals surface area (Å²) in [6.07, 6.45) is 9.11. The Labute approximate surface area is 114 Å². The molecule has 0 radical (unpaired) electrons. The molecule has 1 rings (SSSR count). The fourth-order valence-electron chi connectivity index (χ4n) is 1.97. The highest BCUT2D eigenvalue weighted by molar-refractivity contribution is 6.62. The van der Waals surface area contributed by atoms with E-state index in [4.69, 9.17) is 4.65 Å². The number of hydrogen-bond acceptors (Lipinski definition) is 1. The van der Waals surface area contributed by atoms with Crippen LogP contribution in [-0.2, 0) is 4.65 Å². The van der Waals surface area contributed by atoms with Crippen LogP contribution in [0.2, 0.25) is 6.32 Å². The molecule has 0 aliphatic carbocycles. The topological polar surface area (TPSA) is 9.23 Å². The molecule has 1 aliphatic heterocycles. The highest BCUT2D eigenvalue weighted by Gasteiger charge is 2.49. The molecular weight excluding hydrogens is 219 g/mol. The van der Waals surface area contributed by atoms with Crippen LogP contribution in [0.15, 0.2) is 36.4 Å². The monoisotopic (exact) mass is 248 g/mol. The third-order valence-corrected chi connectivity index (χ3v) is 3.85. The number of allylic oxidation sites excluding steroid dienone is 5. The Morgan fingerprint density at radius 3 is 2.11 bits per heavy atom. The average Bonchev–Trinajstić information content (AvgIpc) is 2.52. The first kappa shape index (κ1) is 17.2. The second-order valence-electron chi connectivity index (χ2n) is 5.60. The Balaban J connectivity index is 0.00000137. The Bertz CT molecular complexity index is 308. The van der Waals surface area contributed by atoms with Crippen molar-refractivity contribution in [2.45, 2.75) is 60.4 Å². The second kappa shape index (κ2) is 6.99. The van der Waals surface area contributed by atoms with Gasteiger partial charge in [-0.15, -0.1) is 0 Å². The predicted molar refractivity (Wildman–Crippen MR) is 83.9 cm³/mol. The molecule has 0 atom stereocenters. The van der Waals surface area contributed by atoms with Crippen molar-refractivity contribution >= 4 is 6.92 Å². The van der Waals surface area contributed by atoms with Crippen LogP contribution in [0.3, 0.4) is 0 Å². The molecule has 2 heteroatoms. The summed E-state index contributed by atoms with van der Waals surface area (Å²) >= 11 is 0. The van der Waals surface area contributed by atoms with Gasteiger partial charge in [0.25, 0.3) is 0 Å². The first-order chi connectivity index (χ1) is 8.34. The molecule has 0 unspecified atom stereocenters. The Morgan fingerprint density at radius 2 is 1.78 bits per heavy atom. The van der Waals surface area contributed by atoms with Crippen LogP contribution < -0.4 is 0 Å². The molecule has 0 aromatic rings. The van der Waals surface area contributed by atoms with E-state index in [0.717, 1.165) is 6.32 Å². The summed E-state index contributed by atoms with van der Waals surface area (Å²) < 4.78 is 6.14. The van der Waals surface area contributed by atoms with E-state index >= 15 is 0 Å². The van der Waals surface area contributed by atoms with E-state index in [1.807, 2.05) is 39.0 Å². The van der Waals surface area contributed by atoms with Crippen molar-refractivity contribution < 1.29 is 4.65 Å². The molecule has 1 saturated heterocycles. The Hall–Kier alpha value is -0.755. The van der Waals surface area contributed by atoms with Gasteiger partial charge in [-0.3, -0.25) is 0 Å². The smallest absolute Gasteiger partial charge is 0.327 e. The summed E-state index contributed by atoms with van der Waals surface area (Å²) in [5, 5.41) is 0. The fraction of sp³-hybridized carbons (Fsp3) is 0.625. The van der Waals surface area contributed by atoms with E-state index in [0.29, 0.717) is 0 Å². The van der Waals surface area contributed by atoms with Gasteiger partial charge in [0.15, 0.2) is 0 Å². The van der Waals surface area contributed by atoms with E-state index in [1.54, 1.807) is 0 Å². The van der Waals surface area contributed by atoms with Crippen molar-refractivity contribution in [2.24, 2.45) is 5.41 Å². The maximum Gasteiger partial charge on any atom is 0.327 e. The van der Waals surface area contributed by atoms with Crippen LogP contribution in [0.25, 0.3) is 0 Å². The molecule has 0 spiro atoms. The maximum absolute atomic E-state index is 6.14. The molecule has 0 saturated carbocycles. The van der Waals surface area contributed by atoms with E-state index in [-0.39, 0.29) is 17.9 Å². The van der Waals surface area contributed by atoms with Gasteiger partial charge < -0.3 is 4.65 Å². The van der Waals surface area contributed by atoms with Crippen molar-refractivity contribution in [3.63, 3.8) is 0 Å². The summed E-state index contributed by atoms with van der Waals surface area (Å²) in [4.78, 5) is 0. The quantitative estimate of drug-likeness (QED) is 0.500. The molecule has 1 fully saturated rings. The minimum atomic E-state index is -0.0737. The van der Waals surface area contributed by atoms with Crippen LogP contribution in [0.5, 0.6) is 0 Å². The Morgan fingerprint density at radius 1 is 1.22 bits per heavy atom. The van der Waals surface area contributed by atoms with E-state index in [2.05, 4.69) is 40.3 Å². The molecular formula is C16H29BO. The zero-order chi connectivity index (χ0) is 14.4. The molecule has 0 N–H and O–H groups in total. The zero-order valence-corrected chi connectivity index (χ0v) is 13.2. The molecule has 0 amide bonds. The predicted octanol–water partition coefficient (Wildman–Crippen LogP) is 5.07. The highest BCUT2D eigenvalue weighted by Crippen LogP contribution is 2.46. The summed E-state index contributed by atoms with van der Waals surface area (Å²) in [6.45, 7) is 18.9. The zero-order valence-electron chi connectivity index (χ0n) is 13.2. The van der Waals surface area contributed by atoms with Gasteiger partial charge in [-0.2, -0.15) is 0 Å². The highest BCUT2D eigenvalue weighted by atomic mass is 16.5. The second-order valence-corrected chi connectivity index (χ2v) is 5.60. The molecule has 1 nitrogen and oxygen atoms in total. The lowest BCUT2D eigenvalue weighted by Gasteiger charge is -2.34. The third kappa shape index (κ3) is 3.88. The van der Waals surface area contributed by atoms with Crippen molar-refractivity contribution in [2.75, 3.05) is 0 Å². The SMILES string of the molecule is C=C/C(=C\C=C/C)B1CC(C)(C)C(C)(C)O1.CC. The van der Waals surface area contributed by atoms with E-state index in [9.17, 15) is 0 Å². The summed E-state index contributed by atoms with van der Waals surface area (Å²) in [7, 11) is 0. The van der Waals surface area contributed by atoms with Gasteiger partial charge >= 0.3 is 6.92 Å². The van der Waals surface area contributed by atoms with E-state index < -0.39 is 0 Å². The van der Waals surface area contributed by atoms with Gasteiger partial charge in [0.1, 0.15) is 0 Å². The lowest BCUT2D eigenvalue weighted by molar-refractivity contribution is 0.0371. The van der Waals surface area contributed by atoms with Crippen LogP contribution in [0.1, 0.15) is 48.5 Å². The third-order valence-electron chi connectivity index (χ3n) is 3.85.